The molecule has 88 valence electrons. The van der Waals surface area contributed by atoms with Crippen molar-refractivity contribution in [1.82, 2.24) is 10.2 Å². The van der Waals surface area contributed by atoms with Crippen LogP contribution in [0.25, 0.3) is 0 Å². The van der Waals surface area contributed by atoms with Gasteiger partial charge in [-0.15, -0.1) is 0 Å². The van der Waals surface area contributed by atoms with E-state index in [0.717, 1.165) is 4.90 Å². The molecule has 1 saturated heterocycles. The molecule has 0 aliphatic carbocycles. The van der Waals surface area contributed by atoms with Crippen LogP contribution in [-0.4, -0.2) is 41.7 Å². The van der Waals surface area contributed by atoms with Gasteiger partial charge in [0.25, 0.3) is 0 Å². The van der Waals surface area contributed by atoms with E-state index in [9.17, 15) is 18.0 Å². The minimum absolute atomic E-state index is 0.0759. The standard InChI is InChI=1S/C9H15F3N2O/c1-6-4-13-8(2,3)5-14(6)7(15)9(10,11)12/h6,13H,4-5H2,1-3H3. The number of carbonyl (C=O) groups is 1. The SMILES string of the molecule is CC1CNC(C)(C)CN1C(=O)C(F)(F)F. The Labute approximate surface area is 86.6 Å². The molecule has 1 aliphatic heterocycles. The lowest BCUT2D eigenvalue weighted by Gasteiger charge is -2.43. The Morgan fingerprint density at radius 2 is 2.00 bits per heavy atom. The lowest BCUT2D eigenvalue weighted by Crippen LogP contribution is -2.63. The minimum Gasteiger partial charge on any atom is -0.329 e. The van der Waals surface area contributed by atoms with Gasteiger partial charge in [-0.1, -0.05) is 0 Å². The summed E-state index contributed by atoms with van der Waals surface area (Å²) >= 11 is 0. The van der Waals surface area contributed by atoms with E-state index in [0.29, 0.717) is 6.54 Å². The highest BCUT2D eigenvalue weighted by Crippen LogP contribution is 2.23. The molecule has 0 spiro atoms. The van der Waals surface area contributed by atoms with Crippen molar-refractivity contribution in [3.05, 3.63) is 0 Å². The lowest BCUT2D eigenvalue weighted by atomic mass is 9.99. The molecule has 1 unspecified atom stereocenters. The first-order valence-electron chi connectivity index (χ1n) is 4.76. The molecule has 1 rings (SSSR count). The molecule has 0 saturated carbocycles. The summed E-state index contributed by atoms with van der Waals surface area (Å²) in [6.45, 7) is 5.61. The van der Waals surface area contributed by atoms with Gasteiger partial charge in [0, 0.05) is 24.7 Å². The molecule has 15 heavy (non-hydrogen) atoms. The third kappa shape index (κ3) is 2.84. The zero-order chi connectivity index (χ0) is 11.9. The van der Waals surface area contributed by atoms with Crippen LogP contribution >= 0.6 is 0 Å². The Balaban J connectivity index is 2.79. The van der Waals surface area contributed by atoms with E-state index >= 15 is 0 Å². The number of rotatable bonds is 0. The van der Waals surface area contributed by atoms with Gasteiger partial charge in [0.2, 0.25) is 0 Å². The summed E-state index contributed by atoms with van der Waals surface area (Å²) in [5.74, 6) is -1.75. The molecular formula is C9H15F3N2O. The van der Waals surface area contributed by atoms with Crippen molar-refractivity contribution in [3.63, 3.8) is 0 Å². The van der Waals surface area contributed by atoms with Gasteiger partial charge >= 0.3 is 12.1 Å². The van der Waals surface area contributed by atoms with Gasteiger partial charge in [-0.3, -0.25) is 4.79 Å². The number of piperazine rings is 1. The average molecular weight is 224 g/mol. The molecule has 1 heterocycles. The molecule has 1 atom stereocenters. The van der Waals surface area contributed by atoms with Crippen LogP contribution in [-0.2, 0) is 4.79 Å². The smallest absolute Gasteiger partial charge is 0.329 e. The maximum absolute atomic E-state index is 12.2. The van der Waals surface area contributed by atoms with E-state index < -0.39 is 23.7 Å². The van der Waals surface area contributed by atoms with Crippen molar-refractivity contribution in [3.8, 4) is 0 Å². The van der Waals surface area contributed by atoms with Crippen molar-refractivity contribution in [2.24, 2.45) is 0 Å². The maximum Gasteiger partial charge on any atom is 0.471 e. The third-order valence-corrected chi connectivity index (χ3v) is 2.48. The normalized spacial score (nSPS) is 26.5. The van der Waals surface area contributed by atoms with Crippen LogP contribution in [0.2, 0.25) is 0 Å². The van der Waals surface area contributed by atoms with E-state index in [1.54, 1.807) is 20.8 Å². The Kier molecular flexibility index (Phi) is 3.00. The van der Waals surface area contributed by atoms with Crippen LogP contribution in [0.3, 0.4) is 0 Å². The summed E-state index contributed by atoms with van der Waals surface area (Å²) in [4.78, 5) is 12.0. The zero-order valence-electron chi connectivity index (χ0n) is 8.98. The van der Waals surface area contributed by atoms with Crippen molar-refractivity contribution in [2.75, 3.05) is 13.1 Å². The molecule has 0 bridgehead atoms. The van der Waals surface area contributed by atoms with Crippen LogP contribution < -0.4 is 5.32 Å². The van der Waals surface area contributed by atoms with Gasteiger partial charge in [-0.2, -0.15) is 13.2 Å². The maximum atomic E-state index is 12.2. The number of amides is 1. The predicted octanol–water partition coefficient (Wildman–Crippen LogP) is 1.15. The van der Waals surface area contributed by atoms with E-state index in [1.807, 2.05) is 0 Å². The van der Waals surface area contributed by atoms with Crippen molar-refractivity contribution in [1.29, 1.82) is 0 Å². The highest BCUT2D eigenvalue weighted by Gasteiger charge is 2.46. The molecule has 1 aliphatic rings. The fourth-order valence-corrected chi connectivity index (χ4v) is 1.61. The molecule has 0 aromatic heterocycles. The molecule has 1 fully saturated rings. The first-order chi connectivity index (χ1) is 6.63. The van der Waals surface area contributed by atoms with Gasteiger partial charge in [0.1, 0.15) is 0 Å². The van der Waals surface area contributed by atoms with Gasteiger partial charge in [0.05, 0.1) is 0 Å². The summed E-state index contributed by atoms with van der Waals surface area (Å²) in [5, 5.41) is 3.08. The Bertz CT molecular complexity index is 263. The molecule has 1 amide bonds. The number of hydrogen-bond donors (Lipinski definition) is 1. The Morgan fingerprint density at radius 3 is 2.47 bits per heavy atom. The fraction of sp³-hybridized carbons (Fsp3) is 0.889. The second-order valence-corrected chi connectivity index (χ2v) is 4.54. The minimum atomic E-state index is -4.78. The highest BCUT2D eigenvalue weighted by atomic mass is 19.4. The van der Waals surface area contributed by atoms with Crippen LogP contribution in [0.15, 0.2) is 0 Å². The van der Waals surface area contributed by atoms with E-state index in [4.69, 9.17) is 0 Å². The van der Waals surface area contributed by atoms with Gasteiger partial charge in [-0.05, 0) is 20.8 Å². The molecular weight excluding hydrogens is 209 g/mol. The number of carbonyl (C=O) groups excluding carboxylic acids is 1. The molecule has 3 nitrogen and oxygen atoms in total. The second-order valence-electron chi connectivity index (χ2n) is 4.54. The molecule has 0 radical (unpaired) electrons. The van der Waals surface area contributed by atoms with Crippen molar-refractivity contribution in [2.45, 2.75) is 38.5 Å². The van der Waals surface area contributed by atoms with E-state index in [2.05, 4.69) is 5.32 Å². The molecule has 6 heteroatoms. The van der Waals surface area contributed by atoms with Crippen LogP contribution in [0.1, 0.15) is 20.8 Å². The predicted molar refractivity (Wildman–Crippen MR) is 49.3 cm³/mol. The topological polar surface area (TPSA) is 32.3 Å². The van der Waals surface area contributed by atoms with Crippen molar-refractivity contribution < 1.29 is 18.0 Å². The third-order valence-electron chi connectivity index (χ3n) is 2.48. The number of halogens is 3. The number of hydrogen-bond acceptors (Lipinski definition) is 2. The van der Waals surface area contributed by atoms with Crippen LogP contribution in [0, 0.1) is 0 Å². The highest BCUT2D eigenvalue weighted by molar-refractivity contribution is 5.82. The van der Waals surface area contributed by atoms with Gasteiger partial charge in [-0.25, -0.2) is 0 Å². The summed E-state index contributed by atoms with van der Waals surface area (Å²) in [7, 11) is 0. The van der Waals surface area contributed by atoms with E-state index in [1.165, 1.54) is 0 Å². The summed E-state index contributed by atoms with van der Waals surface area (Å²) in [5.41, 5.74) is -0.465. The average Bonchev–Trinajstić information content (AvgIpc) is 2.06. The zero-order valence-corrected chi connectivity index (χ0v) is 8.98. The fourth-order valence-electron chi connectivity index (χ4n) is 1.61. The van der Waals surface area contributed by atoms with Gasteiger partial charge < -0.3 is 10.2 Å². The quantitative estimate of drug-likeness (QED) is 0.669. The number of alkyl halides is 3. The van der Waals surface area contributed by atoms with E-state index in [-0.39, 0.29) is 6.54 Å². The summed E-state index contributed by atoms with van der Waals surface area (Å²) < 4.78 is 36.7. The monoisotopic (exact) mass is 224 g/mol. The molecule has 1 N–H and O–H groups in total. The first kappa shape index (κ1) is 12.3. The number of nitrogens with one attached hydrogen (secondary N) is 1. The van der Waals surface area contributed by atoms with Crippen LogP contribution in [0.5, 0.6) is 0 Å². The Morgan fingerprint density at radius 1 is 1.47 bits per heavy atom. The Hall–Kier alpha value is -0.780. The molecule has 0 aromatic carbocycles. The van der Waals surface area contributed by atoms with Crippen molar-refractivity contribution >= 4 is 5.91 Å². The first-order valence-corrected chi connectivity index (χ1v) is 4.76. The van der Waals surface area contributed by atoms with Gasteiger partial charge in [0.15, 0.2) is 0 Å². The summed E-state index contributed by atoms with van der Waals surface area (Å²) in [6, 6.07) is -0.424. The largest absolute Gasteiger partial charge is 0.471 e. The lowest BCUT2D eigenvalue weighted by molar-refractivity contribution is -0.189. The second kappa shape index (κ2) is 3.66. The summed E-state index contributed by atoms with van der Waals surface area (Å²) in [6.07, 6.45) is -4.78. The molecule has 0 aromatic rings. The number of nitrogens with zero attached hydrogens (tertiary/aromatic N) is 1. The van der Waals surface area contributed by atoms with Crippen LogP contribution in [0.4, 0.5) is 13.2 Å².